The number of aryl methyl sites for hydroxylation is 1. The summed E-state index contributed by atoms with van der Waals surface area (Å²) in [6.07, 6.45) is 3.18. The van der Waals surface area contributed by atoms with Crippen molar-refractivity contribution >= 4 is 15.7 Å². The molecule has 1 atom stereocenters. The summed E-state index contributed by atoms with van der Waals surface area (Å²) >= 11 is 0. The average Bonchev–Trinajstić information content (AvgIpc) is 2.47. The molecule has 0 saturated carbocycles. The largest absolute Gasteiger partial charge is 0.272 e. The number of hydrogen-bond donors (Lipinski definition) is 1. The number of nitrogens with zero attached hydrogens (tertiary/aromatic N) is 2. The lowest BCUT2D eigenvalue weighted by molar-refractivity contribution is -0.385. The Balaban J connectivity index is 2.27. The molecule has 8 heteroatoms. The Morgan fingerprint density at radius 3 is 2.59 bits per heavy atom. The van der Waals surface area contributed by atoms with Crippen LogP contribution in [-0.4, -0.2) is 18.3 Å². The van der Waals surface area contributed by atoms with Crippen LogP contribution in [0, 0.1) is 17.0 Å². The van der Waals surface area contributed by atoms with Gasteiger partial charge in [-0.3, -0.25) is 15.1 Å². The van der Waals surface area contributed by atoms with Crippen LogP contribution in [0.1, 0.15) is 24.1 Å². The molecule has 2 rings (SSSR count). The molecule has 0 spiro atoms. The Morgan fingerprint density at radius 2 is 2.05 bits per heavy atom. The molecule has 1 heterocycles. The van der Waals surface area contributed by atoms with Gasteiger partial charge in [-0.2, -0.15) is 0 Å². The molecule has 22 heavy (non-hydrogen) atoms. The molecule has 116 valence electrons. The average molecular weight is 321 g/mol. The highest BCUT2D eigenvalue weighted by atomic mass is 32.2. The summed E-state index contributed by atoms with van der Waals surface area (Å²) in [5, 5.41) is 10.8. The minimum Gasteiger partial charge on any atom is -0.264 e. The van der Waals surface area contributed by atoms with Gasteiger partial charge in [0.15, 0.2) is 0 Å². The van der Waals surface area contributed by atoms with E-state index in [4.69, 9.17) is 0 Å². The highest BCUT2D eigenvalue weighted by molar-refractivity contribution is 7.89. The van der Waals surface area contributed by atoms with Crippen LogP contribution in [0.3, 0.4) is 0 Å². The van der Waals surface area contributed by atoms with Gasteiger partial charge in [0.05, 0.1) is 9.82 Å². The van der Waals surface area contributed by atoms with Crippen molar-refractivity contribution < 1.29 is 13.3 Å². The van der Waals surface area contributed by atoms with Crippen LogP contribution < -0.4 is 4.72 Å². The second-order valence-electron chi connectivity index (χ2n) is 4.83. The van der Waals surface area contributed by atoms with Gasteiger partial charge in [0.25, 0.3) is 5.69 Å². The molecule has 0 amide bonds. The molecular formula is C14H15N3O4S. The lowest BCUT2D eigenvalue weighted by Gasteiger charge is -2.14. The topological polar surface area (TPSA) is 102 Å². The number of benzene rings is 1. The molecule has 1 N–H and O–H groups in total. The molecule has 2 aromatic rings. The Kier molecular flexibility index (Phi) is 4.53. The van der Waals surface area contributed by atoms with E-state index in [0.29, 0.717) is 5.56 Å². The van der Waals surface area contributed by atoms with E-state index < -0.39 is 21.0 Å². The van der Waals surface area contributed by atoms with E-state index >= 15 is 0 Å². The van der Waals surface area contributed by atoms with Gasteiger partial charge in [0.2, 0.25) is 10.0 Å². The fourth-order valence-corrected chi connectivity index (χ4v) is 3.32. The lowest BCUT2D eigenvalue weighted by Crippen LogP contribution is -2.27. The molecule has 7 nitrogen and oxygen atoms in total. The molecule has 0 aliphatic rings. The summed E-state index contributed by atoms with van der Waals surface area (Å²) in [6, 6.07) is 6.73. The number of nitro benzene ring substituents is 1. The van der Waals surface area contributed by atoms with E-state index in [-0.39, 0.29) is 10.6 Å². The highest BCUT2D eigenvalue weighted by Gasteiger charge is 2.21. The van der Waals surface area contributed by atoms with Crippen molar-refractivity contribution in [3.63, 3.8) is 0 Å². The fourth-order valence-electron chi connectivity index (χ4n) is 2.00. The van der Waals surface area contributed by atoms with Crippen LogP contribution in [0.25, 0.3) is 0 Å². The maximum absolute atomic E-state index is 12.3. The predicted molar refractivity (Wildman–Crippen MR) is 80.8 cm³/mol. The summed E-state index contributed by atoms with van der Waals surface area (Å²) in [6.45, 7) is 3.20. The Hall–Kier alpha value is -2.32. The van der Waals surface area contributed by atoms with Gasteiger partial charge in [-0.25, -0.2) is 13.1 Å². The van der Waals surface area contributed by atoms with Crippen LogP contribution in [0.4, 0.5) is 5.69 Å². The minimum atomic E-state index is -3.77. The van der Waals surface area contributed by atoms with Gasteiger partial charge in [-0.05, 0) is 37.6 Å². The molecule has 1 aromatic carbocycles. The second-order valence-corrected chi connectivity index (χ2v) is 6.55. The molecule has 0 bridgehead atoms. The zero-order chi connectivity index (χ0) is 16.3. The minimum absolute atomic E-state index is 0.00802. The van der Waals surface area contributed by atoms with Crippen molar-refractivity contribution in [3.05, 3.63) is 64.0 Å². The summed E-state index contributed by atoms with van der Waals surface area (Å²) in [5.41, 5.74) is 0.908. The van der Waals surface area contributed by atoms with Gasteiger partial charge < -0.3 is 0 Å². The van der Waals surface area contributed by atoms with E-state index in [9.17, 15) is 18.5 Å². The van der Waals surface area contributed by atoms with Crippen LogP contribution in [-0.2, 0) is 10.0 Å². The standard InChI is InChI=1S/C14H15N3O4S/c1-10-8-13(5-6-14(10)17(18)19)22(20,21)16-11(2)12-4-3-7-15-9-12/h3-9,11,16H,1-2H3. The number of nitro groups is 1. The quantitative estimate of drug-likeness (QED) is 0.672. The van der Waals surface area contributed by atoms with Crippen molar-refractivity contribution in [1.82, 2.24) is 9.71 Å². The Bertz CT molecular complexity index is 791. The first-order valence-electron chi connectivity index (χ1n) is 6.48. The molecule has 0 aliphatic carbocycles. The molecule has 1 unspecified atom stereocenters. The van der Waals surface area contributed by atoms with Gasteiger partial charge in [0.1, 0.15) is 0 Å². The smallest absolute Gasteiger partial charge is 0.264 e. The van der Waals surface area contributed by atoms with Crippen molar-refractivity contribution in [3.8, 4) is 0 Å². The lowest BCUT2D eigenvalue weighted by atomic mass is 10.2. The third kappa shape index (κ3) is 3.46. The number of rotatable bonds is 5. The molecule has 0 fully saturated rings. The molecule has 0 saturated heterocycles. The first-order chi connectivity index (χ1) is 10.3. The highest BCUT2D eigenvalue weighted by Crippen LogP contribution is 2.22. The maximum atomic E-state index is 12.3. The molecule has 0 aliphatic heterocycles. The zero-order valence-corrected chi connectivity index (χ0v) is 12.9. The number of pyridine rings is 1. The molecule has 1 aromatic heterocycles. The van der Waals surface area contributed by atoms with Crippen molar-refractivity contribution in [2.45, 2.75) is 24.8 Å². The van der Waals surface area contributed by atoms with Crippen molar-refractivity contribution in [2.24, 2.45) is 0 Å². The summed E-state index contributed by atoms with van der Waals surface area (Å²) in [7, 11) is -3.77. The normalized spacial score (nSPS) is 12.8. The van der Waals surface area contributed by atoms with Crippen molar-refractivity contribution in [1.29, 1.82) is 0 Å². The van der Waals surface area contributed by atoms with Gasteiger partial charge in [-0.1, -0.05) is 6.07 Å². The maximum Gasteiger partial charge on any atom is 0.272 e. The van der Waals surface area contributed by atoms with Crippen LogP contribution >= 0.6 is 0 Å². The van der Waals surface area contributed by atoms with E-state index in [1.54, 1.807) is 31.5 Å². The summed E-state index contributed by atoms with van der Waals surface area (Å²) in [4.78, 5) is 14.2. The number of nitrogens with one attached hydrogen (secondary N) is 1. The number of aromatic nitrogens is 1. The number of sulfonamides is 1. The van der Waals surface area contributed by atoms with E-state index in [1.807, 2.05) is 0 Å². The third-order valence-corrected chi connectivity index (χ3v) is 4.73. The van der Waals surface area contributed by atoms with Gasteiger partial charge in [0, 0.05) is 30.1 Å². The van der Waals surface area contributed by atoms with Crippen LogP contribution in [0.15, 0.2) is 47.6 Å². The van der Waals surface area contributed by atoms with E-state index in [0.717, 1.165) is 5.56 Å². The molecular weight excluding hydrogens is 306 g/mol. The van der Waals surface area contributed by atoms with Gasteiger partial charge >= 0.3 is 0 Å². The van der Waals surface area contributed by atoms with E-state index in [2.05, 4.69) is 9.71 Å². The first kappa shape index (κ1) is 16.1. The first-order valence-corrected chi connectivity index (χ1v) is 7.97. The van der Waals surface area contributed by atoms with Crippen molar-refractivity contribution in [2.75, 3.05) is 0 Å². The Labute approximate surface area is 128 Å². The Morgan fingerprint density at radius 1 is 1.32 bits per heavy atom. The number of hydrogen-bond acceptors (Lipinski definition) is 5. The second kappa shape index (κ2) is 6.20. The van der Waals surface area contributed by atoms with E-state index in [1.165, 1.54) is 25.1 Å². The third-order valence-electron chi connectivity index (χ3n) is 3.19. The predicted octanol–water partition coefficient (Wildman–Crippen LogP) is 2.34. The fraction of sp³-hybridized carbons (Fsp3) is 0.214. The monoisotopic (exact) mass is 321 g/mol. The summed E-state index contributed by atoms with van der Waals surface area (Å²) in [5.74, 6) is 0. The zero-order valence-electron chi connectivity index (χ0n) is 12.1. The van der Waals surface area contributed by atoms with Crippen LogP contribution in [0.2, 0.25) is 0 Å². The summed E-state index contributed by atoms with van der Waals surface area (Å²) < 4.78 is 27.2. The SMILES string of the molecule is Cc1cc(S(=O)(=O)NC(C)c2cccnc2)ccc1[N+](=O)[O-]. The van der Waals surface area contributed by atoms with Crippen LogP contribution in [0.5, 0.6) is 0 Å². The molecule has 0 radical (unpaired) electrons. The van der Waals surface area contributed by atoms with Gasteiger partial charge in [-0.15, -0.1) is 0 Å².